The van der Waals surface area contributed by atoms with Crippen molar-refractivity contribution in [2.45, 2.75) is 13.5 Å². The zero-order valence-corrected chi connectivity index (χ0v) is 12.7. The number of carboxylic acids is 1. The number of aromatic hydroxyl groups is 1. The number of anilines is 1. The minimum absolute atomic E-state index is 0.0411. The summed E-state index contributed by atoms with van der Waals surface area (Å²) in [5.41, 5.74) is 2.29. The number of rotatable bonds is 4. The van der Waals surface area contributed by atoms with Gasteiger partial charge in [0, 0.05) is 22.8 Å². The first-order valence-electron chi connectivity index (χ1n) is 6.13. The summed E-state index contributed by atoms with van der Waals surface area (Å²) in [5.74, 6) is -1.03. The highest BCUT2D eigenvalue weighted by Crippen LogP contribution is 2.31. The Morgan fingerprint density at radius 3 is 2.62 bits per heavy atom. The molecule has 0 aliphatic rings. The summed E-state index contributed by atoms with van der Waals surface area (Å²) in [7, 11) is 0. The van der Waals surface area contributed by atoms with Crippen molar-refractivity contribution in [2.24, 2.45) is 0 Å². The lowest BCUT2D eigenvalue weighted by atomic mass is 10.1. The number of phenolic OH excluding ortho intramolecular Hbond substituents is 1. The minimum atomic E-state index is -0.994. The predicted molar refractivity (Wildman–Crippen MR) is 83.6 cm³/mol. The third-order valence-electron chi connectivity index (χ3n) is 3.06. The Hall–Kier alpha value is -1.91. The van der Waals surface area contributed by atoms with Crippen LogP contribution in [0.15, 0.2) is 30.3 Å². The van der Waals surface area contributed by atoms with E-state index >= 15 is 0 Å². The Bertz CT molecular complexity index is 702. The van der Waals surface area contributed by atoms with E-state index in [2.05, 4.69) is 5.32 Å². The van der Waals surface area contributed by atoms with Gasteiger partial charge in [-0.3, -0.25) is 0 Å². The van der Waals surface area contributed by atoms with Gasteiger partial charge in [0.05, 0.1) is 10.6 Å². The number of aromatic carboxylic acids is 1. The number of nitrogens with one attached hydrogen (secondary N) is 1. The maximum atomic E-state index is 11.0. The van der Waals surface area contributed by atoms with Crippen molar-refractivity contribution in [1.29, 1.82) is 0 Å². The molecule has 0 aliphatic carbocycles. The lowest BCUT2D eigenvalue weighted by Gasteiger charge is -2.12. The molecule has 0 aliphatic heterocycles. The molecular formula is C15H13Cl2NO3. The molecule has 0 heterocycles. The molecule has 0 bridgehead atoms. The van der Waals surface area contributed by atoms with Gasteiger partial charge in [0.1, 0.15) is 5.75 Å². The zero-order valence-electron chi connectivity index (χ0n) is 11.2. The lowest BCUT2D eigenvalue weighted by Crippen LogP contribution is -2.04. The standard InChI is InChI=1S/C15H13Cl2NO3/c1-8-2-3-9(15(20)21)5-13(8)18-7-10-4-11(16)6-12(17)14(10)19/h2-6,18-19H,7H2,1H3,(H,20,21). The van der Waals surface area contributed by atoms with E-state index in [-0.39, 0.29) is 22.9 Å². The Labute approximate surface area is 131 Å². The van der Waals surface area contributed by atoms with Crippen LogP contribution in [-0.4, -0.2) is 16.2 Å². The van der Waals surface area contributed by atoms with Crippen LogP contribution in [0.1, 0.15) is 21.5 Å². The molecule has 6 heteroatoms. The molecule has 110 valence electrons. The third kappa shape index (κ3) is 3.60. The highest BCUT2D eigenvalue weighted by Gasteiger charge is 2.10. The highest BCUT2D eigenvalue weighted by atomic mass is 35.5. The van der Waals surface area contributed by atoms with Crippen LogP contribution in [0, 0.1) is 6.92 Å². The molecular weight excluding hydrogens is 313 g/mol. The molecule has 0 spiro atoms. The maximum Gasteiger partial charge on any atom is 0.335 e. The smallest absolute Gasteiger partial charge is 0.335 e. The van der Waals surface area contributed by atoms with Crippen LogP contribution < -0.4 is 5.32 Å². The van der Waals surface area contributed by atoms with Crippen LogP contribution in [0.5, 0.6) is 5.75 Å². The summed E-state index contributed by atoms with van der Waals surface area (Å²) < 4.78 is 0. The van der Waals surface area contributed by atoms with Gasteiger partial charge in [-0.25, -0.2) is 4.79 Å². The van der Waals surface area contributed by atoms with Gasteiger partial charge in [0.2, 0.25) is 0 Å². The fraction of sp³-hybridized carbons (Fsp3) is 0.133. The molecule has 0 radical (unpaired) electrons. The van der Waals surface area contributed by atoms with E-state index in [0.29, 0.717) is 16.3 Å². The summed E-state index contributed by atoms with van der Waals surface area (Å²) in [5, 5.41) is 22.6. The molecule has 3 N–H and O–H groups in total. The monoisotopic (exact) mass is 325 g/mol. The third-order valence-corrected chi connectivity index (χ3v) is 3.57. The molecule has 0 saturated heterocycles. The van der Waals surface area contributed by atoms with Crippen molar-refractivity contribution in [2.75, 3.05) is 5.32 Å². The fourth-order valence-corrected chi connectivity index (χ4v) is 2.43. The molecule has 2 aromatic carbocycles. The van der Waals surface area contributed by atoms with Crippen LogP contribution in [0.25, 0.3) is 0 Å². The minimum Gasteiger partial charge on any atom is -0.506 e. The van der Waals surface area contributed by atoms with E-state index in [9.17, 15) is 9.90 Å². The number of carboxylic acid groups (broad SMARTS) is 1. The second-order valence-electron chi connectivity index (χ2n) is 4.58. The molecule has 0 amide bonds. The van der Waals surface area contributed by atoms with E-state index in [0.717, 1.165) is 5.56 Å². The Morgan fingerprint density at radius 2 is 1.95 bits per heavy atom. The van der Waals surface area contributed by atoms with Crippen LogP contribution >= 0.6 is 23.2 Å². The molecule has 0 unspecified atom stereocenters. The van der Waals surface area contributed by atoms with Crippen molar-refractivity contribution in [3.8, 4) is 5.75 Å². The summed E-state index contributed by atoms with van der Waals surface area (Å²) in [6.07, 6.45) is 0. The number of hydrogen-bond acceptors (Lipinski definition) is 3. The van der Waals surface area contributed by atoms with Crippen molar-refractivity contribution in [1.82, 2.24) is 0 Å². The summed E-state index contributed by atoms with van der Waals surface area (Å²) in [6, 6.07) is 7.86. The van der Waals surface area contributed by atoms with Gasteiger partial charge >= 0.3 is 5.97 Å². The van der Waals surface area contributed by atoms with E-state index in [1.807, 2.05) is 6.92 Å². The molecule has 4 nitrogen and oxygen atoms in total. The summed E-state index contributed by atoms with van der Waals surface area (Å²) >= 11 is 11.8. The number of carbonyl (C=O) groups is 1. The summed E-state index contributed by atoms with van der Waals surface area (Å²) in [6.45, 7) is 2.13. The van der Waals surface area contributed by atoms with Gasteiger partial charge in [-0.2, -0.15) is 0 Å². The van der Waals surface area contributed by atoms with E-state index < -0.39 is 5.97 Å². The average molecular weight is 326 g/mol. The van der Waals surface area contributed by atoms with Gasteiger partial charge < -0.3 is 15.5 Å². The van der Waals surface area contributed by atoms with Gasteiger partial charge in [0.25, 0.3) is 0 Å². The Balaban J connectivity index is 2.24. The van der Waals surface area contributed by atoms with Crippen molar-refractivity contribution < 1.29 is 15.0 Å². The number of phenols is 1. The number of hydrogen-bond donors (Lipinski definition) is 3. The molecule has 0 saturated carbocycles. The number of halogens is 2. The van der Waals surface area contributed by atoms with Crippen molar-refractivity contribution in [3.63, 3.8) is 0 Å². The molecule has 0 fully saturated rings. The Morgan fingerprint density at radius 1 is 1.24 bits per heavy atom. The van der Waals surface area contributed by atoms with Gasteiger partial charge in [-0.1, -0.05) is 29.3 Å². The van der Waals surface area contributed by atoms with Crippen LogP contribution in [0.3, 0.4) is 0 Å². The van der Waals surface area contributed by atoms with Crippen molar-refractivity contribution >= 4 is 34.9 Å². The summed E-state index contributed by atoms with van der Waals surface area (Å²) in [4.78, 5) is 11.0. The fourth-order valence-electron chi connectivity index (χ4n) is 1.89. The van der Waals surface area contributed by atoms with Crippen LogP contribution in [0.2, 0.25) is 10.0 Å². The van der Waals surface area contributed by atoms with Gasteiger partial charge in [-0.15, -0.1) is 0 Å². The first kappa shape index (κ1) is 15.5. The largest absolute Gasteiger partial charge is 0.506 e. The van der Waals surface area contributed by atoms with Gasteiger partial charge in [-0.05, 0) is 36.8 Å². The van der Waals surface area contributed by atoms with Crippen LogP contribution in [0.4, 0.5) is 5.69 Å². The SMILES string of the molecule is Cc1ccc(C(=O)O)cc1NCc1cc(Cl)cc(Cl)c1O. The van der Waals surface area contributed by atoms with E-state index in [1.165, 1.54) is 12.1 Å². The predicted octanol–water partition coefficient (Wildman–Crippen LogP) is 4.32. The molecule has 2 aromatic rings. The topological polar surface area (TPSA) is 69.6 Å². The second kappa shape index (κ2) is 6.24. The Kier molecular flexibility index (Phi) is 4.60. The second-order valence-corrected chi connectivity index (χ2v) is 5.43. The van der Waals surface area contributed by atoms with Gasteiger partial charge in [0.15, 0.2) is 0 Å². The maximum absolute atomic E-state index is 11.0. The van der Waals surface area contributed by atoms with Crippen LogP contribution in [-0.2, 0) is 6.54 Å². The van der Waals surface area contributed by atoms with Crippen molar-refractivity contribution in [3.05, 3.63) is 57.1 Å². The zero-order chi connectivity index (χ0) is 15.6. The number of aryl methyl sites for hydroxylation is 1. The normalized spacial score (nSPS) is 10.4. The number of benzene rings is 2. The van der Waals surface area contributed by atoms with E-state index in [4.69, 9.17) is 28.3 Å². The first-order chi connectivity index (χ1) is 9.88. The average Bonchev–Trinajstić information content (AvgIpc) is 2.42. The highest BCUT2D eigenvalue weighted by molar-refractivity contribution is 6.35. The quantitative estimate of drug-likeness (QED) is 0.783. The molecule has 0 atom stereocenters. The molecule has 2 rings (SSSR count). The van der Waals surface area contributed by atoms with E-state index in [1.54, 1.807) is 18.2 Å². The molecule has 0 aromatic heterocycles. The molecule has 21 heavy (non-hydrogen) atoms. The lowest BCUT2D eigenvalue weighted by molar-refractivity contribution is 0.0697. The first-order valence-corrected chi connectivity index (χ1v) is 6.89.